The Hall–Kier alpha value is -2.07. The first-order chi connectivity index (χ1) is 11.3. The summed E-state index contributed by atoms with van der Waals surface area (Å²) in [7, 11) is 0. The maximum absolute atomic E-state index is 11.9. The van der Waals surface area contributed by atoms with Gasteiger partial charge in [-0.25, -0.2) is 4.79 Å². The number of hydrogen-bond donors (Lipinski definition) is 3. The smallest absolute Gasteiger partial charge is 0.326 e. The van der Waals surface area contributed by atoms with Gasteiger partial charge < -0.3 is 9.92 Å². The van der Waals surface area contributed by atoms with Crippen LogP contribution in [0.15, 0.2) is 24.3 Å². The highest BCUT2D eigenvalue weighted by atomic mass is 32.2. The Morgan fingerprint density at radius 3 is 2.46 bits per heavy atom. The molecule has 1 atom stereocenters. The van der Waals surface area contributed by atoms with Crippen LogP contribution in [0.1, 0.15) is 28.4 Å². The normalized spacial score (nSPS) is 11.8. The molecule has 0 aliphatic carbocycles. The molecule has 0 bridgehead atoms. The lowest BCUT2D eigenvalue weighted by molar-refractivity contribution is 0.101. The van der Waals surface area contributed by atoms with Crippen LogP contribution in [-0.4, -0.2) is 20.6 Å². The van der Waals surface area contributed by atoms with Gasteiger partial charge in [0.1, 0.15) is 5.00 Å². The predicted molar refractivity (Wildman–Crippen MR) is 93.3 cm³/mol. The predicted octanol–water partition coefficient (Wildman–Crippen LogP) is 3.07. The largest absolute Gasteiger partial charge is 0.427 e. The first kappa shape index (κ1) is 18.3. The van der Waals surface area contributed by atoms with Gasteiger partial charge in [-0.15, -0.1) is 11.3 Å². The molecule has 128 valence electrons. The van der Waals surface area contributed by atoms with E-state index in [2.05, 4.69) is 9.50 Å². The number of anilines is 1. The maximum atomic E-state index is 11.9. The lowest BCUT2D eigenvalue weighted by Gasteiger charge is -2.03. The molecule has 0 saturated heterocycles. The minimum Gasteiger partial charge on any atom is -0.326 e. The van der Waals surface area contributed by atoms with Gasteiger partial charge in [-0.05, 0) is 30.5 Å². The number of ketones is 1. The highest BCUT2D eigenvalue weighted by molar-refractivity contribution is 7.74. The van der Waals surface area contributed by atoms with Crippen LogP contribution in [-0.2, 0) is 22.1 Å². The van der Waals surface area contributed by atoms with Crippen molar-refractivity contribution in [2.75, 3.05) is 5.32 Å². The van der Waals surface area contributed by atoms with Crippen molar-refractivity contribution >= 4 is 39.6 Å². The van der Waals surface area contributed by atoms with Crippen molar-refractivity contribution < 1.29 is 22.5 Å². The second-order valence-corrected chi connectivity index (χ2v) is 6.55. The lowest BCUT2D eigenvalue weighted by atomic mass is 10.0. The van der Waals surface area contributed by atoms with Crippen LogP contribution in [0.25, 0.3) is 10.4 Å². The molecule has 24 heavy (non-hydrogen) atoms. The van der Waals surface area contributed by atoms with E-state index in [0.29, 0.717) is 17.7 Å². The van der Waals surface area contributed by atoms with Crippen LogP contribution >= 0.6 is 11.3 Å². The Bertz CT molecular complexity index is 799. The fraction of sp³-hybridized carbons (Fsp3) is 0.200. The highest BCUT2D eigenvalue weighted by Crippen LogP contribution is 2.40. The minimum atomic E-state index is -2.73. The third-order valence-corrected chi connectivity index (χ3v) is 4.86. The van der Waals surface area contributed by atoms with Crippen molar-refractivity contribution in [2.45, 2.75) is 20.4 Å². The fourth-order valence-electron chi connectivity index (χ4n) is 2.27. The van der Waals surface area contributed by atoms with E-state index < -0.39 is 17.5 Å². The number of amides is 1. The highest BCUT2D eigenvalue weighted by Gasteiger charge is 2.22. The van der Waals surface area contributed by atoms with Crippen molar-refractivity contribution in [3.63, 3.8) is 0 Å². The molecule has 0 aliphatic heterocycles. The Morgan fingerprint density at radius 2 is 1.96 bits per heavy atom. The molecule has 0 spiro atoms. The number of rotatable bonds is 5. The SMILES string of the molecule is CC(=O)c1c(NC(=O)OS(=O)O)sc(-c2ccc(CN)cc2)c1C. The molecule has 9 heteroatoms. The number of hydrogen-bond acceptors (Lipinski definition) is 6. The van der Waals surface area contributed by atoms with Gasteiger partial charge in [0.25, 0.3) is 0 Å². The zero-order chi connectivity index (χ0) is 17.9. The third kappa shape index (κ3) is 4.06. The summed E-state index contributed by atoms with van der Waals surface area (Å²) in [4.78, 5) is 24.3. The molecule has 0 saturated carbocycles. The van der Waals surface area contributed by atoms with Crippen molar-refractivity contribution in [3.8, 4) is 10.4 Å². The summed E-state index contributed by atoms with van der Waals surface area (Å²) in [5, 5.41) is 2.61. The second-order valence-electron chi connectivity index (χ2n) is 4.93. The Kier molecular flexibility index (Phi) is 5.84. The van der Waals surface area contributed by atoms with E-state index in [-0.39, 0.29) is 10.8 Å². The molecular weight excluding hydrogens is 352 g/mol. The molecule has 1 heterocycles. The Labute approximate surface area is 145 Å². The Balaban J connectivity index is 2.43. The van der Waals surface area contributed by atoms with Crippen molar-refractivity contribution in [1.29, 1.82) is 0 Å². The summed E-state index contributed by atoms with van der Waals surface area (Å²) in [5.41, 5.74) is 8.50. The zero-order valence-electron chi connectivity index (χ0n) is 13.0. The molecule has 0 fully saturated rings. The van der Waals surface area contributed by atoms with Gasteiger partial charge in [0.2, 0.25) is 0 Å². The number of carbonyl (C=O) groups is 2. The van der Waals surface area contributed by atoms with E-state index in [4.69, 9.17) is 10.3 Å². The van der Waals surface area contributed by atoms with E-state index >= 15 is 0 Å². The second kappa shape index (κ2) is 7.67. The molecule has 0 aliphatic rings. The number of benzene rings is 1. The number of nitrogens with one attached hydrogen (secondary N) is 1. The average molecular weight is 368 g/mol. The van der Waals surface area contributed by atoms with E-state index in [0.717, 1.165) is 16.0 Å². The van der Waals surface area contributed by atoms with E-state index in [9.17, 15) is 13.8 Å². The van der Waals surface area contributed by atoms with Crippen LogP contribution in [0, 0.1) is 6.92 Å². The summed E-state index contributed by atoms with van der Waals surface area (Å²) >= 11 is -1.54. The topological polar surface area (TPSA) is 119 Å². The molecular formula is C15H16N2O5S2. The van der Waals surface area contributed by atoms with Gasteiger partial charge in [0, 0.05) is 11.4 Å². The van der Waals surface area contributed by atoms with Gasteiger partial charge >= 0.3 is 17.5 Å². The average Bonchev–Trinajstić information content (AvgIpc) is 2.82. The lowest BCUT2D eigenvalue weighted by Crippen LogP contribution is -2.15. The fourth-order valence-corrected chi connectivity index (χ4v) is 3.69. The molecule has 1 aromatic carbocycles. The molecule has 7 nitrogen and oxygen atoms in total. The summed E-state index contributed by atoms with van der Waals surface area (Å²) in [6.45, 7) is 3.59. The third-order valence-electron chi connectivity index (χ3n) is 3.31. The molecule has 1 amide bonds. The van der Waals surface area contributed by atoms with Crippen LogP contribution in [0.3, 0.4) is 0 Å². The van der Waals surface area contributed by atoms with Crippen LogP contribution in [0.4, 0.5) is 9.80 Å². The van der Waals surface area contributed by atoms with Crippen LogP contribution in [0.2, 0.25) is 0 Å². The van der Waals surface area contributed by atoms with E-state index in [1.807, 2.05) is 24.3 Å². The van der Waals surface area contributed by atoms with Crippen LogP contribution in [0.5, 0.6) is 0 Å². The van der Waals surface area contributed by atoms with Gasteiger partial charge in [-0.1, -0.05) is 24.3 Å². The molecule has 2 rings (SSSR count). The summed E-state index contributed by atoms with van der Waals surface area (Å²) in [6, 6.07) is 7.54. The van der Waals surface area contributed by atoms with Crippen molar-refractivity contribution in [1.82, 2.24) is 0 Å². The number of thiophene rings is 1. The maximum Gasteiger partial charge on any atom is 0.427 e. The van der Waals surface area contributed by atoms with Crippen molar-refractivity contribution in [2.24, 2.45) is 5.73 Å². The molecule has 1 unspecified atom stereocenters. The summed E-state index contributed by atoms with van der Waals surface area (Å²) < 4.78 is 23.2. The minimum absolute atomic E-state index is 0.228. The summed E-state index contributed by atoms with van der Waals surface area (Å²) in [6.07, 6.45) is -1.11. The quantitative estimate of drug-likeness (QED) is 0.551. The standard InChI is InChI=1S/C15H16N2O5S2/c1-8-12(9(2)18)14(17-15(19)22-24(20)21)23-13(8)11-5-3-10(7-16)4-6-11/h3-6H,7,16H2,1-2H3,(H,17,19)(H,20,21). The first-order valence-electron chi connectivity index (χ1n) is 6.87. The number of nitrogens with two attached hydrogens (primary N) is 1. The number of Topliss-reactive ketones (excluding diaryl/α,β-unsaturated/α-hetero) is 1. The van der Waals surface area contributed by atoms with E-state index in [1.54, 1.807) is 6.92 Å². The van der Waals surface area contributed by atoms with Crippen molar-refractivity contribution in [3.05, 3.63) is 41.0 Å². The van der Waals surface area contributed by atoms with Gasteiger partial charge in [-0.3, -0.25) is 14.7 Å². The van der Waals surface area contributed by atoms with E-state index in [1.165, 1.54) is 18.3 Å². The van der Waals surface area contributed by atoms with Gasteiger partial charge in [0.15, 0.2) is 5.78 Å². The van der Waals surface area contributed by atoms with Gasteiger partial charge in [-0.2, -0.15) is 4.21 Å². The van der Waals surface area contributed by atoms with Gasteiger partial charge in [0.05, 0.1) is 5.56 Å². The number of carbonyl (C=O) groups excluding carboxylic acids is 2. The first-order valence-corrected chi connectivity index (χ1v) is 8.72. The molecule has 2 aromatic rings. The molecule has 0 radical (unpaired) electrons. The molecule has 1 aromatic heterocycles. The van der Waals surface area contributed by atoms with Crippen LogP contribution < -0.4 is 11.1 Å². The molecule has 4 N–H and O–H groups in total. The zero-order valence-corrected chi connectivity index (χ0v) is 14.6. The summed E-state index contributed by atoms with van der Waals surface area (Å²) in [5.74, 6) is -0.228. The Morgan fingerprint density at radius 1 is 1.33 bits per heavy atom. The monoisotopic (exact) mass is 368 g/mol.